The largest absolute Gasteiger partial charge is 0.389 e. The molecule has 0 fully saturated rings. The third kappa shape index (κ3) is 4.99. The maximum atomic E-state index is 13.8. The van der Waals surface area contributed by atoms with Crippen LogP contribution < -0.4 is 10.5 Å². The predicted octanol–water partition coefficient (Wildman–Crippen LogP) is 1.08. The van der Waals surface area contributed by atoms with Crippen molar-refractivity contribution in [2.45, 2.75) is 24.3 Å². The molecule has 0 aliphatic heterocycles. The minimum absolute atomic E-state index is 0.230. The van der Waals surface area contributed by atoms with Crippen molar-refractivity contribution in [2.24, 2.45) is 5.73 Å². The van der Waals surface area contributed by atoms with E-state index in [1.807, 2.05) is 19.0 Å². The molecule has 1 unspecified atom stereocenters. The zero-order chi connectivity index (χ0) is 16.2. The molecule has 118 valence electrons. The lowest BCUT2D eigenvalue weighted by atomic mass is 10.2. The fourth-order valence-corrected chi connectivity index (χ4v) is 3.59. The summed E-state index contributed by atoms with van der Waals surface area (Å²) in [7, 11) is -0.0785. The first-order valence-electron chi connectivity index (χ1n) is 6.40. The van der Waals surface area contributed by atoms with E-state index in [2.05, 4.69) is 4.72 Å². The van der Waals surface area contributed by atoms with Gasteiger partial charge in [0.05, 0.1) is 10.5 Å². The average molecular weight is 333 g/mol. The molecule has 8 heteroatoms. The Labute approximate surface area is 130 Å². The summed E-state index contributed by atoms with van der Waals surface area (Å²) < 4.78 is 41.0. The molecule has 21 heavy (non-hydrogen) atoms. The second-order valence-electron chi connectivity index (χ2n) is 5.09. The van der Waals surface area contributed by atoms with Crippen molar-refractivity contribution >= 4 is 27.2 Å². The lowest BCUT2D eigenvalue weighted by Crippen LogP contribution is -2.36. The molecular formula is C13H20FN3O2S2. The molecule has 0 radical (unpaired) electrons. The normalized spacial score (nSPS) is 13.4. The van der Waals surface area contributed by atoms with Crippen LogP contribution in [-0.2, 0) is 10.0 Å². The maximum Gasteiger partial charge on any atom is 0.241 e. The van der Waals surface area contributed by atoms with Gasteiger partial charge in [-0.25, -0.2) is 17.5 Å². The standard InChI is InChI=1S/C13H20FN3O2S2/c1-9(7-8-17(2)3)16-21(18,19)11-6-4-5-10(14)12(11)13(15)20/h4-6,9,16H,7-8H2,1-3H3,(H2,15,20). The molecule has 0 spiro atoms. The van der Waals surface area contributed by atoms with Gasteiger partial charge >= 0.3 is 0 Å². The monoisotopic (exact) mass is 333 g/mol. The van der Waals surface area contributed by atoms with Crippen molar-refractivity contribution < 1.29 is 12.8 Å². The van der Waals surface area contributed by atoms with Gasteiger partial charge in [-0.15, -0.1) is 0 Å². The van der Waals surface area contributed by atoms with E-state index in [1.165, 1.54) is 12.1 Å². The van der Waals surface area contributed by atoms with Gasteiger partial charge in [0.15, 0.2) is 0 Å². The van der Waals surface area contributed by atoms with E-state index >= 15 is 0 Å². The zero-order valence-electron chi connectivity index (χ0n) is 12.3. The molecule has 1 atom stereocenters. The molecule has 1 aromatic carbocycles. The predicted molar refractivity (Wildman–Crippen MR) is 85.2 cm³/mol. The number of sulfonamides is 1. The van der Waals surface area contributed by atoms with Crippen molar-refractivity contribution in [1.29, 1.82) is 0 Å². The highest BCUT2D eigenvalue weighted by Crippen LogP contribution is 2.19. The van der Waals surface area contributed by atoms with Crippen LogP contribution in [0.5, 0.6) is 0 Å². The number of hydrogen-bond acceptors (Lipinski definition) is 4. The molecule has 0 bridgehead atoms. The third-order valence-corrected chi connectivity index (χ3v) is 4.71. The number of rotatable bonds is 7. The van der Waals surface area contributed by atoms with Gasteiger partial charge in [0.25, 0.3) is 0 Å². The maximum absolute atomic E-state index is 13.8. The zero-order valence-corrected chi connectivity index (χ0v) is 13.9. The smallest absolute Gasteiger partial charge is 0.241 e. The second kappa shape index (κ2) is 7.26. The van der Waals surface area contributed by atoms with E-state index in [1.54, 1.807) is 6.92 Å². The number of thiocarbonyl (C=S) groups is 1. The van der Waals surface area contributed by atoms with E-state index in [0.29, 0.717) is 6.42 Å². The Morgan fingerprint density at radius 2 is 2.10 bits per heavy atom. The van der Waals surface area contributed by atoms with Gasteiger partial charge in [0, 0.05) is 6.04 Å². The summed E-state index contributed by atoms with van der Waals surface area (Å²) >= 11 is 4.74. The lowest BCUT2D eigenvalue weighted by molar-refractivity contribution is 0.379. The highest BCUT2D eigenvalue weighted by molar-refractivity contribution is 7.89. The molecule has 3 N–H and O–H groups in total. The Morgan fingerprint density at radius 3 is 2.62 bits per heavy atom. The minimum Gasteiger partial charge on any atom is -0.389 e. The average Bonchev–Trinajstić information content (AvgIpc) is 2.35. The summed E-state index contributed by atoms with van der Waals surface area (Å²) in [5, 5.41) is 0. The molecule has 0 saturated heterocycles. The lowest BCUT2D eigenvalue weighted by Gasteiger charge is -2.18. The van der Waals surface area contributed by atoms with Crippen molar-refractivity contribution in [3.05, 3.63) is 29.6 Å². The summed E-state index contributed by atoms with van der Waals surface area (Å²) in [5.41, 5.74) is 5.18. The molecule has 0 amide bonds. The van der Waals surface area contributed by atoms with Gasteiger partial charge in [0.1, 0.15) is 10.8 Å². The van der Waals surface area contributed by atoms with Gasteiger partial charge in [-0.3, -0.25) is 0 Å². The number of nitrogens with two attached hydrogens (primary N) is 1. The van der Waals surface area contributed by atoms with Gasteiger partial charge in [0.2, 0.25) is 10.0 Å². The van der Waals surface area contributed by atoms with Gasteiger partial charge in [-0.1, -0.05) is 18.3 Å². The van der Waals surface area contributed by atoms with Crippen LogP contribution in [0.4, 0.5) is 4.39 Å². The quantitative estimate of drug-likeness (QED) is 0.730. The van der Waals surface area contributed by atoms with Crippen LogP contribution in [0.2, 0.25) is 0 Å². The first-order chi connectivity index (χ1) is 9.65. The molecule has 0 aliphatic carbocycles. The van der Waals surface area contributed by atoms with E-state index in [0.717, 1.165) is 12.6 Å². The van der Waals surface area contributed by atoms with Crippen LogP contribution in [0, 0.1) is 5.82 Å². The third-order valence-electron chi connectivity index (χ3n) is 2.88. The number of nitrogens with zero attached hydrogens (tertiary/aromatic N) is 1. The molecular weight excluding hydrogens is 313 g/mol. The fourth-order valence-electron chi connectivity index (χ4n) is 1.81. The minimum atomic E-state index is -3.88. The summed E-state index contributed by atoms with van der Waals surface area (Å²) in [6.07, 6.45) is 0.629. The Morgan fingerprint density at radius 1 is 1.48 bits per heavy atom. The van der Waals surface area contributed by atoms with Crippen LogP contribution in [0.15, 0.2) is 23.1 Å². The van der Waals surface area contributed by atoms with E-state index in [9.17, 15) is 12.8 Å². The Balaban J connectivity index is 3.04. The van der Waals surface area contributed by atoms with Crippen LogP contribution in [-0.4, -0.2) is 45.0 Å². The second-order valence-corrected chi connectivity index (χ2v) is 7.21. The van der Waals surface area contributed by atoms with Gasteiger partial charge in [-0.2, -0.15) is 0 Å². The molecule has 1 aromatic rings. The first-order valence-corrected chi connectivity index (χ1v) is 8.29. The Bertz CT molecular complexity index is 618. The summed E-state index contributed by atoms with van der Waals surface area (Å²) in [6.45, 7) is 2.48. The SMILES string of the molecule is CC(CCN(C)C)NS(=O)(=O)c1cccc(F)c1C(N)=S. The Hall–Kier alpha value is -1.09. The Kier molecular flexibility index (Phi) is 6.21. The number of hydrogen-bond donors (Lipinski definition) is 2. The van der Waals surface area contributed by atoms with Gasteiger partial charge < -0.3 is 10.6 Å². The van der Waals surface area contributed by atoms with Crippen molar-refractivity contribution in [3.63, 3.8) is 0 Å². The first kappa shape index (κ1) is 18.0. The highest BCUT2D eigenvalue weighted by Gasteiger charge is 2.24. The van der Waals surface area contributed by atoms with E-state index in [4.69, 9.17) is 18.0 Å². The molecule has 5 nitrogen and oxygen atoms in total. The van der Waals surface area contributed by atoms with Gasteiger partial charge in [-0.05, 0) is 46.1 Å². The fraction of sp³-hybridized carbons (Fsp3) is 0.462. The van der Waals surface area contributed by atoms with Crippen molar-refractivity contribution in [2.75, 3.05) is 20.6 Å². The van der Waals surface area contributed by atoms with Crippen LogP contribution in [0.25, 0.3) is 0 Å². The number of benzene rings is 1. The summed E-state index contributed by atoms with van der Waals surface area (Å²) in [6, 6.07) is 3.44. The molecule has 0 heterocycles. The van der Waals surface area contributed by atoms with Crippen LogP contribution >= 0.6 is 12.2 Å². The highest BCUT2D eigenvalue weighted by atomic mass is 32.2. The summed E-state index contributed by atoms with van der Waals surface area (Å²) in [5.74, 6) is -0.744. The van der Waals surface area contributed by atoms with Crippen LogP contribution in [0.1, 0.15) is 18.9 Å². The van der Waals surface area contributed by atoms with E-state index in [-0.39, 0.29) is 21.5 Å². The molecule has 1 rings (SSSR count). The molecule has 0 saturated carbocycles. The topological polar surface area (TPSA) is 75.4 Å². The molecule has 0 aliphatic rings. The number of halogens is 1. The summed E-state index contributed by atoms with van der Waals surface area (Å²) in [4.78, 5) is 1.44. The van der Waals surface area contributed by atoms with Crippen LogP contribution in [0.3, 0.4) is 0 Å². The van der Waals surface area contributed by atoms with Crippen molar-refractivity contribution in [1.82, 2.24) is 9.62 Å². The van der Waals surface area contributed by atoms with E-state index < -0.39 is 15.8 Å². The number of nitrogens with one attached hydrogen (secondary N) is 1. The molecule has 0 aromatic heterocycles. The van der Waals surface area contributed by atoms with Crippen molar-refractivity contribution in [3.8, 4) is 0 Å².